The second-order valence-electron chi connectivity index (χ2n) is 4.24. The lowest BCUT2D eigenvalue weighted by Gasteiger charge is -2.10. The van der Waals surface area contributed by atoms with Crippen LogP contribution in [0.25, 0.3) is 0 Å². The molecule has 0 atom stereocenters. The SMILES string of the molecule is Cc1cccn(Cc2cc(F)ccc2CN)c1=O. The summed E-state index contributed by atoms with van der Waals surface area (Å²) in [6.07, 6.45) is 1.69. The van der Waals surface area contributed by atoms with Gasteiger partial charge in [-0.05, 0) is 36.2 Å². The molecule has 1 aromatic carbocycles. The molecule has 0 saturated carbocycles. The smallest absolute Gasteiger partial charge is 0.253 e. The van der Waals surface area contributed by atoms with Gasteiger partial charge in [0.2, 0.25) is 0 Å². The number of benzene rings is 1. The van der Waals surface area contributed by atoms with Gasteiger partial charge in [0.1, 0.15) is 5.82 Å². The fraction of sp³-hybridized carbons (Fsp3) is 0.214. The van der Waals surface area contributed by atoms with Gasteiger partial charge in [-0.2, -0.15) is 0 Å². The molecule has 0 aliphatic carbocycles. The zero-order valence-electron chi connectivity index (χ0n) is 10.2. The lowest BCUT2D eigenvalue weighted by Crippen LogP contribution is -2.22. The van der Waals surface area contributed by atoms with E-state index in [-0.39, 0.29) is 11.4 Å². The normalized spacial score (nSPS) is 10.6. The van der Waals surface area contributed by atoms with Gasteiger partial charge in [0, 0.05) is 18.3 Å². The average Bonchev–Trinajstić information content (AvgIpc) is 2.35. The molecule has 3 nitrogen and oxygen atoms in total. The second kappa shape index (κ2) is 5.14. The van der Waals surface area contributed by atoms with Crippen molar-refractivity contribution in [2.75, 3.05) is 0 Å². The molecule has 0 spiro atoms. The van der Waals surface area contributed by atoms with Gasteiger partial charge in [0.25, 0.3) is 5.56 Å². The monoisotopic (exact) mass is 246 g/mol. The molecule has 0 radical (unpaired) electrons. The number of aryl methyl sites for hydroxylation is 1. The number of nitrogens with zero attached hydrogens (tertiary/aromatic N) is 1. The molecule has 0 unspecified atom stereocenters. The summed E-state index contributed by atoms with van der Waals surface area (Å²) in [7, 11) is 0. The van der Waals surface area contributed by atoms with E-state index in [4.69, 9.17) is 5.73 Å². The average molecular weight is 246 g/mol. The Hall–Kier alpha value is -1.94. The Morgan fingerprint density at radius 1 is 1.28 bits per heavy atom. The molecule has 0 aliphatic heterocycles. The van der Waals surface area contributed by atoms with Crippen molar-refractivity contribution < 1.29 is 4.39 Å². The van der Waals surface area contributed by atoms with Crippen molar-refractivity contribution in [3.63, 3.8) is 0 Å². The second-order valence-corrected chi connectivity index (χ2v) is 4.24. The zero-order chi connectivity index (χ0) is 13.1. The maximum Gasteiger partial charge on any atom is 0.253 e. The van der Waals surface area contributed by atoms with Crippen molar-refractivity contribution in [3.05, 3.63) is 69.4 Å². The summed E-state index contributed by atoms with van der Waals surface area (Å²) in [6, 6.07) is 8.03. The Morgan fingerprint density at radius 3 is 2.78 bits per heavy atom. The van der Waals surface area contributed by atoms with Crippen molar-refractivity contribution in [2.45, 2.75) is 20.0 Å². The van der Waals surface area contributed by atoms with Crippen LogP contribution < -0.4 is 11.3 Å². The highest BCUT2D eigenvalue weighted by atomic mass is 19.1. The molecule has 2 rings (SSSR count). The molecule has 18 heavy (non-hydrogen) atoms. The van der Waals surface area contributed by atoms with Gasteiger partial charge in [-0.1, -0.05) is 12.1 Å². The van der Waals surface area contributed by atoms with E-state index in [9.17, 15) is 9.18 Å². The number of aromatic nitrogens is 1. The van der Waals surface area contributed by atoms with Crippen LogP contribution in [0.2, 0.25) is 0 Å². The number of pyridine rings is 1. The van der Waals surface area contributed by atoms with Crippen LogP contribution in [0.15, 0.2) is 41.3 Å². The van der Waals surface area contributed by atoms with Gasteiger partial charge < -0.3 is 10.3 Å². The first-order chi connectivity index (χ1) is 8.61. The van der Waals surface area contributed by atoms with Gasteiger partial charge in [-0.3, -0.25) is 4.79 Å². The van der Waals surface area contributed by atoms with Crippen LogP contribution in [0.1, 0.15) is 16.7 Å². The molecule has 1 heterocycles. The van der Waals surface area contributed by atoms with Gasteiger partial charge >= 0.3 is 0 Å². The fourth-order valence-electron chi connectivity index (χ4n) is 1.91. The summed E-state index contributed by atoms with van der Waals surface area (Å²) in [5.41, 5.74) is 7.81. The molecule has 0 amide bonds. The summed E-state index contributed by atoms with van der Waals surface area (Å²) in [6.45, 7) is 2.43. The minimum atomic E-state index is -0.317. The molecule has 4 heteroatoms. The molecule has 0 aliphatic rings. The van der Waals surface area contributed by atoms with E-state index in [1.165, 1.54) is 12.1 Å². The largest absolute Gasteiger partial charge is 0.326 e. The highest BCUT2D eigenvalue weighted by Crippen LogP contribution is 2.12. The van der Waals surface area contributed by atoms with Gasteiger partial charge in [-0.25, -0.2) is 4.39 Å². The van der Waals surface area contributed by atoms with Gasteiger partial charge in [-0.15, -0.1) is 0 Å². The Morgan fingerprint density at radius 2 is 2.06 bits per heavy atom. The Kier molecular flexibility index (Phi) is 3.58. The minimum Gasteiger partial charge on any atom is -0.326 e. The Labute approximate surface area is 105 Å². The summed E-state index contributed by atoms with van der Waals surface area (Å²) < 4.78 is 14.8. The first kappa shape index (κ1) is 12.5. The highest BCUT2D eigenvalue weighted by Gasteiger charge is 2.05. The van der Waals surface area contributed by atoms with Crippen molar-refractivity contribution >= 4 is 0 Å². The van der Waals surface area contributed by atoms with Crippen LogP contribution in [-0.4, -0.2) is 4.57 Å². The lowest BCUT2D eigenvalue weighted by molar-refractivity contribution is 0.620. The third kappa shape index (κ3) is 2.49. The number of hydrogen-bond donors (Lipinski definition) is 1. The van der Waals surface area contributed by atoms with Crippen LogP contribution in [0, 0.1) is 12.7 Å². The molecular weight excluding hydrogens is 231 g/mol. The standard InChI is InChI=1S/C14H15FN2O/c1-10-3-2-6-17(14(10)18)9-12-7-13(15)5-4-11(12)8-16/h2-7H,8-9,16H2,1H3. The molecule has 94 valence electrons. The molecular formula is C14H15FN2O. The van der Waals surface area contributed by atoms with E-state index in [1.54, 1.807) is 35.9 Å². The fourth-order valence-corrected chi connectivity index (χ4v) is 1.91. The van der Waals surface area contributed by atoms with E-state index < -0.39 is 0 Å². The molecule has 0 bridgehead atoms. The first-order valence-electron chi connectivity index (χ1n) is 5.75. The van der Waals surface area contributed by atoms with Crippen molar-refractivity contribution in [2.24, 2.45) is 5.73 Å². The Bertz CT molecular complexity index is 619. The van der Waals surface area contributed by atoms with Crippen LogP contribution >= 0.6 is 0 Å². The molecule has 0 saturated heterocycles. The zero-order valence-corrected chi connectivity index (χ0v) is 10.2. The van der Waals surface area contributed by atoms with E-state index in [0.29, 0.717) is 18.7 Å². The van der Waals surface area contributed by atoms with E-state index in [0.717, 1.165) is 11.1 Å². The van der Waals surface area contributed by atoms with Crippen molar-refractivity contribution in [1.82, 2.24) is 4.57 Å². The molecule has 2 aromatic rings. The van der Waals surface area contributed by atoms with Crippen LogP contribution in [0.3, 0.4) is 0 Å². The molecule has 1 aromatic heterocycles. The number of nitrogens with two attached hydrogens (primary N) is 1. The summed E-state index contributed by atoms with van der Waals surface area (Å²) in [5.74, 6) is -0.317. The number of halogens is 1. The van der Waals surface area contributed by atoms with Crippen molar-refractivity contribution in [3.8, 4) is 0 Å². The summed E-state index contributed by atoms with van der Waals surface area (Å²) >= 11 is 0. The Balaban J connectivity index is 2.42. The maximum absolute atomic E-state index is 13.2. The lowest BCUT2D eigenvalue weighted by atomic mass is 10.1. The van der Waals surface area contributed by atoms with Crippen molar-refractivity contribution in [1.29, 1.82) is 0 Å². The number of rotatable bonds is 3. The van der Waals surface area contributed by atoms with Gasteiger partial charge in [0.05, 0.1) is 6.54 Å². The van der Waals surface area contributed by atoms with E-state index >= 15 is 0 Å². The molecule has 2 N–H and O–H groups in total. The van der Waals surface area contributed by atoms with Gasteiger partial charge in [0.15, 0.2) is 0 Å². The summed E-state index contributed by atoms with van der Waals surface area (Å²) in [5, 5.41) is 0. The highest BCUT2D eigenvalue weighted by molar-refractivity contribution is 5.28. The summed E-state index contributed by atoms with van der Waals surface area (Å²) in [4.78, 5) is 11.9. The first-order valence-corrected chi connectivity index (χ1v) is 5.75. The topological polar surface area (TPSA) is 48.0 Å². The quantitative estimate of drug-likeness (QED) is 0.897. The predicted octanol–water partition coefficient (Wildman–Crippen LogP) is 1.80. The van der Waals surface area contributed by atoms with Crippen LogP contribution in [-0.2, 0) is 13.1 Å². The van der Waals surface area contributed by atoms with Crippen LogP contribution in [0.5, 0.6) is 0 Å². The third-order valence-corrected chi connectivity index (χ3v) is 2.94. The minimum absolute atomic E-state index is 0.0651. The number of hydrogen-bond acceptors (Lipinski definition) is 2. The predicted molar refractivity (Wildman–Crippen MR) is 68.8 cm³/mol. The van der Waals surface area contributed by atoms with E-state index in [1.807, 2.05) is 0 Å². The molecule has 0 fully saturated rings. The van der Waals surface area contributed by atoms with E-state index in [2.05, 4.69) is 0 Å². The maximum atomic E-state index is 13.2. The third-order valence-electron chi connectivity index (χ3n) is 2.94. The van der Waals surface area contributed by atoms with Crippen LogP contribution in [0.4, 0.5) is 4.39 Å².